The van der Waals surface area contributed by atoms with Crippen molar-refractivity contribution in [2.24, 2.45) is 5.41 Å². The van der Waals surface area contributed by atoms with Crippen LogP contribution >= 0.6 is 0 Å². The molecule has 0 bridgehead atoms. The number of allylic oxidation sites excluding steroid dienone is 3. The second-order valence-corrected chi connectivity index (χ2v) is 7.59. The maximum absolute atomic E-state index is 14.6. The molecule has 0 saturated carbocycles. The van der Waals surface area contributed by atoms with Gasteiger partial charge in [-0.05, 0) is 37.0 Å². The van der Waals surface area contributed by atoms with Gasteiger partial charge in [0.25, 0.3) is 0 Å². The zero-order valence-corrected chi connectivity index (χ0v) is 15.2. The molecule has 1 heterocycles. The van der Waals surface area contributed by atoms with Crippen LogP contribution < -0.4 is 5.32 Å². The van der Waals surface area contributed by atoms with Gasteiger partial charge < -0.3 is 10.1 Å². The van der Waals surface area contributed by atoms with Gasteiger partial charge in [0.05, 0.1) is 18.6 Å². The molecule has 1 aliphatic carbocycles. The zero-order valence-electron chi connectivity index (χ0n) is 15.2. The molecule has 4 nitrogen and oxygen atoms in total. The minimum atomic E-state index is -0.988. The summed E-state index contributed by atoms with van der Waals surface area (Å²) in [5, 5.41) is 3.12. The van der Waals surface area contributed by atoms with Crippen molar-refractivity contribution in [3.63, 3.8) is 0 Å². The molecule has 3 rings (SSSR count). The third-order valence-electron chi connectivity index (χ3n) is 4.91. The lowest BCUT2D eigenvalue weighted by Gasteiger charge is -2.39. The summed E-state index contributed by atoms with van der Waals surface area (Å²) in [6.45, 7) is 5.62. The molecule has 1 unspecified atom stereocenters. The predicted molar refractivity (Wildman–Crippen MR) is 92.0 cm³/mol. The summed E-state index contributed by atoms with van der Waals surface area (Å²) >= 11 is 0. The number of carbonyl (C=O) groups is 2. The van der Waals surface area contributed by atoms with Gasteiger partial charge >= 0.3 is 5.97 Å². The first kappa shape index (κ1) is 18.3. The number of esters is 1. The van der Waals surface area contributed by atoms with E-state index in [9.17, 15) is 18.4 Å². The van der Waals surface area contributed by atoms with Crippen LogP contribution in [0.4, 0.5) is 8.78 Å². The zero-order chi connectivity index (χ0) is 19.2. The van der Waals surface area contributed by atoms with E-state index in [-0.39, 0.29) is 28.8 Å². The quantitative estimate of drug-likeness (QED) is 0.816. The van der Waals surface area contributed by atoms with Gasteiger partial charge in [-0.1, -0.05) is 13.8 Å². The molecular formula is C20H21F2NO3. The van der Waals surface area contributed by atoms with Gasteiger partial charge in [-0.2, -0.15) is 0 Å². The van der Waals surface area contributed by atoms with E-state index in [1.165, 1.54) is 7.11 Å². The van der Waals surface area contributed by atoms with E-state index >= 15 is 0 Å². The molecule has 1 aromatic carbocycles. The molecule has 138 valence electrons. The molecule has 1 N–H and O–H groups in total. The average molecular weight is 361 g/mol. The molecule has 0 spiro atoms. The van der Waals surface area contributed by atoms with Crippen LogP contribution in [0.25, 0.3) is 0 Å². The average Bonchev–Trinajstić information content (AvgIpc) is 2.54. The van der Waals surface area contributed by atoms with Gasteiger partial charge in [0.2, 0.25) is 0 Å². The predicted octanol–water partition coefficient (Wildman–Crippen LogP) is 3.74. The molecule has 0 fully saturated rings. The summed E-state index contributed by atoms with van der Waals surface area (Å²) in [5.41, 5.74) is 1.30. The Kier molecular flexibility index (Phi) is 4.46. The van der Waals surface area contributed by atoms with Crippen molar-refractivity contribution in [3.05, 3.63) is 57.9 Å². The number of hydrogen-bond donors (Lipinski definition) is 1. The highest BCUT2D eigenvalue weighted by Crippen LogP contribution is 2.47. The van der Waals surface area contributed by atoms with Crippen molar-refractivity contribution >= 4 is 11.8 Å². The number of Topliss-reactive ketones (excluding diaryl/α,β-unsaturated/α-hetero) is 1. The Morgan fingerprint density at radius 1 is 1.27 bits per heavy atom. The number of rotatable bonds is 2. The van der Waals surface area contributed by atoms with Gasteiger partial charge in [0, 0.05) is 29.0 Å². The minimum absolute atomic E-state index is 0.0354. The van der Waals surface area contributed by atoms with E-state index in [2.05, 4.69) is 5.32 Å². The number of halogens is 2. The molecule has 2 aliphatic rings. The number of ether oxygens (including phenoxy) is 1. The van der Waals surface area contributed by atoms with Crippen molar-refractivity contribution in [3.8, 4) is 0 Å². The number of benzene rings is 1. The van der Waals surface area contributed by atoms with E-state index in [1.54, 1.807) is 6.92 Å². The van der Waals surface area contributed by atoms with Crippen molar-refractivity contribution in [2.45, 2.75) is 39.5 Å². The Hall–Kier alpha value is -2.50. The standard InChI is InChI=1S/C20H21F2NO3/c1-10-16(19(25)26-4)17(12-7-11(21)5-6-13(12)22)18-14(23-10)8-20(2,3)9-15(18)24/h5-7,17,23H,8-9H2,1-4H3. The number of ketones is 1. The van der Waals surface area contributed by atoms with Gasteiger partial charge in [-0.25, -0.2) is 13.6 Å². The summed E-state index contributed by atoms with van der Waals surface area (Å²) < 4.78 is 33.3. The summed E-state index contributed by atoms with van der Waals surface area (Å²) in [7, 11) is 1.22. The Bertz CT molecular complexity index is 868. The highest BCUT2D eigenvalue weighted by molar-refractivity contribution is 6.04. The molecule has 0 radical (unpaired) electrons. The second-order valence-electron chi connectivity index (χ2n) is 7.59. The SMILES string of the molecule is COC(=O)C1=C(C)NC2=C(C(=O)CC(C)(C)C2)C1c1cc(F)ccc1F. The number of nitrogens with one attached hydrogen (secondary N) is 1. The fraction of sp³-hybridized carbons (Fsp3) is 0.400. The first-order chi connectivity index (χ1) is 12.1. The Morgan fingerprint density at radius 2 is 1.96 bits per heavy atom. The summed E-state index contributed by atoms with van der Waals surface area (Å²) in [6.07, 6.45) is 0.849. The normalized spacial score (nSPS) is 22.1. The summed E-state index contributed by atoms with van der Waals surface area (Å²) in [6, 6.07) is 3.06. The van der Waals surface area contributed by atoms with Crippen LogP contribution in [-0.4, -0.2) is 18.9 Å². The van der Waals surface area contributed by atoms with E-state index < -0.39 is 23.5 Å². The minimum Gasteiger partial charge on any atom is -0.466 e. The van der Waals surface area contributed by atoms with Crippen molar-refractivity contribution in [2.75, 3.05) is 7.11 Å². The van der Waals surface area contributed by atoms with Gasteiger partial charge in [0.15, 0.2) is 5.78 Å². The number of dihydropyridines is 1. The lowest BCUT2D eigenvalue weighted by Crippen LogP contribution is -2.38. The topological polar surface area (TPSA) is 55.4 Å². The molecule has 0 saturated heterocycles. The van der Waals surface area contributed by atoms with E-state index in [4.69, 9.17) is 4.74 Å². The lowest BCUT2D eigenvalue weighted by molar-refractivity contribution is -0.136. The molecule has 0 aromatic heterocycles. The van der Waals surface area contributed by atoms with Gasteiger partial charge in [-0.3, -0.25) is 4.79 Å². The van der Waals surface area contributed by atoms with Crippen molar-refractivity contribution in [1.82, 2.24) is 5.32 Å². The maximum atomic E-state index is 14.6. The number of carbonyl (C=O) groups excluding carboxylic acids is 2. The van der Waals surface area contributed by atoms with Crippen LogP contribution in [0, 0.1) is 17.0 Å². The van der Waals surface area contributed by atoms with Crippen LogP contribution in [-0.2, 0) is 14.3 Å². The monoisotopic (exact) mass is 361 g/mol. The third kappa shape index (κ3) is 3.04. The lowest BCUT2D eigenvalue weighted by atomic mass is 9.68. The number of methoxy groups -OCH3 is 1. The van der Waals surface area contributed by atoms with Crippen molar-refractivity contribution in [1.29, 1.82) is 0 Å². The Balaban J connectivity index is 2.26. The molecule has 1 aromatic rings. The second kappa shape index (κ2) is 6.34. The fourth-order valence-electron chi connectivity index (χ4n) is 3.86. The summed E-state index contributed by atoms with van der Waals surface area (Å²) in [4.78, 5) is 25.3. The molecular weight excluding hydrogens is 340 g/mol. The van der Waals surface area contributed by atoms with Crippen LogP contribution in [0.5, 0.6) is 0 Å². The van der Waals surface area contributed by atoms with Gasteiger partial charge in [0.1, 0.15) is 11.6 Å². The van der Waals surface area contributed by atoms with Crippen LogP contribution in [0.3, 0.4) is 0 Å². The van der Waals surface area contributed by atoms with E-state index in [1.807, 2.05) is 13.8 Å². The molecule has 6 heteroatoms. The highest BCUT2D eigenvalue weighted by Gasteiger charge is 2.43. The Labute approximate surface area is 150 Å². The van der Waals surface area contributed by atoms with Crippen LogP contribution in [0.1, 0.15) is 45.1 Å². The molecule has 1 aliphatic heterocycles. The first-order valence-electron chi connectivity index (χ1n) is 8.42. The number of hydrogen-bond acceptors (Lipinski definition) is 4. The van der Waals surface area contributed by atoms with Gasteiger partial charge in [-0.15, -0.1) is 0 Å². The maximum Gasteiger partial charge on any atom is 0.336 e. The summed E-state index contributed by atoms with van der Waals surface area (Å²) in [5.74, 6) is -3.14. The molecule has 26 heavy (non-hydrogen) atoms. The van der Waals surface area contributed by atoms with Crippen LogP contribution in [0.2, 0.25) is 0 Å². The molecule has 0 amide bonds. The first-order valence-corrected chi connectivity index (χ1v) is 8.42. The fourth-order valence-corrected chi connectivity index (χ4v) is 3.86. The van der Waals surface area contributed by atoms with Crippen molar-refractivity contribution < 1.29 is 23.1 Å². The Morgan fingerprint density at radius 3 is 2.62 bits per heavy atom. The van der Waals surface area contributed by atoms with E-state index in [0.29, 0.717) is 23.4 Å². The highest BCUT2D eigenvalue weighted by atomic mass is 19.1. The van der Waals surface area contributed by atoms with Crippen LogP contribution in [0.15, 0.2) is 40.7 Å². The largest absolute Gasteiger partial charge is 0.466 e. The smallest absolute Gasteiger partial charge is 0.336 e. The molecule has 1 atom stereocenters. The van der Waals surface area contributed by atoms with E-state index in [0.717, 1.165) is 18.2 Å². The third-order valence-corrected chi connectivity index (χ3v) is 4.91.